The van der Waals surface area contributed by atoms with Crippen LogP contribution in [0.1, 0.15) is 31.2 Å². The molecular weight excluding hydrogens is 489 g/mol. The van der Waals surface area contributed by atoms with Crippen LogP contribution in [-0.2, 0) is 19.1 Å². The van der Waals surface area contributed by atoms with Crippen molar-refractivity contribution in [3.05, 3.63) is 39.9 Å². The SMILES string of the molecule is COC[C@@H]1CCN(CCCCN2CCN(C(=O)/C=C/c3ccc(Cl)c(Cl)c3)CCC2=O)C[C@@H]1OC. The first kappa shape index (κ1) is 27.9. The average Bonchev–Trinajstić information content (AvgIpc) is 3.04. The fourth-order valence-electron chi connectivity index (χ4n) is 4.75. The van der Waals surface area contributed by atoms with Gasteiger partial charge in [-0.25, -0.2) is 0 Å². The van der Waals surface area contributed by atoms with Gasteiger partial charge in [-0.1, -0.05) is 29.3 Å². The molecule has 0 aromatic heterocycles. The Morgan fingerprint density at radius 1 is 1.09 bits per heavy atom. The second kappa shape index (κ2) is 14.2. The van der Waals surface area contributed by atoms with Crippen molar-refractivity contribution in [2.24, 2.45) is 5.92 Å². The van der Waals surface area contributed by atoms with Crippen LogP contribution in [0.5, 0.6) is 0 Å². The Hall–Kier alpha value is -1.64. The molecule has 3 rings (SSSR count). The number of methoxy groups -OCH3 is 2. The molecule has 35 heavy (non-hydrogen) atoms. The van der Waals surface area contributed by atoms with E-state index in [4.69, 9.17) is 32.7 Å². The molecule has 0 N–H and O–H groups in total. The van der Waals surface area contributed by atoms with Crippen LogP contribution in [0.2, 0.25) is 10.0 Å². The fraction of sp³-hybridized carbons (Fsp3) is 0.615. The van der Waals surface area contributed by atoms with Crippen molar-refractivity contribution >= 4 is 41.1 Å². The number of amides is 2. The van der Waals surface area contributed by atoms with Gasteiger partial charge in [-0.05, 0) is 56.1 Å². The van der Waals surface area contributed by atoms with Crippen molar-refractivity contribution in [1.29, 1.82) is 0 Å². The molecule has 7 nitrogen and oxygen atoms in total. The van der Waals surface area contributed by atoms with Crippen LogP contribution >= 0.6 is 23.2 Å². The minimum absolute atomic E-state index is 0.102. The van der Waals surface area contributed by atoms with Crippen LogP contribution in [0.4, 0.5) is 0 Å². The van der Waals surface area contributed by atoms with Crippen LogP contribution in [-0.4, -0.2) is 99.3 Å². The Kier molecular flexibility index (Phi) is 11.3. The van der Waals surface area contributed by atoms with E-state index in [0.29, 0.717) is 42.0 Å². The third kappa shape index (κ3) is 8.46. The first-order valence-electron chi connectivity index (χ1n) is 12.3. The molecule has 9 heteroatoms. The van der Waals surface area contributed by atoms with E-state index >= 15 is 0 Å². The third-order valence-corrected chi connectivity index (χ3v) is 7.62. The van der Waals surface area contributed by atoms with E-state index in [1.54, 1.807) is 37.3 Å². The minimum Gasteiger partial charge on any atom is -0.384 e. The van der Waals surface area contributed by atoms with E-state index < -0.39 is 0 Å². The summed E-state index contributed by atoms with van der Waals surface area (Å²) in [5, 5.41) is 0.929. The number of ether oxygens (including phenoxy) is 2. The number of rotatable bonds is 10. The van der Waals surface area contributed by atoms with E-state index in [-0.39, 0.29) is 17.9 Å². The third-order valence-electron chi connectivity index (χ3n) is 6.88. The highest BCUT2D eigenvalue weighted by Gasteiger charge is 2.29. The molecule has 1 aromatic carbocycles. The lowest BCUT2D eigenvalue weighted by atomic mass is 9.94. The molecule has 1 aromatic rings. The second-order valence-electron chi connectivity index (χ2n) is 9.25. The highest BCUT2D eigenvalue weighted by Crippen LogP contribution is 2.23. The number of unbranched alkanes of at least 4 members (excludes halogenated alkanes) is 1. The molecule has 0 saturated carbocycles. The van der Waals surface area contributed by atoms with Crippen molar-refractivity contribution in [3.63, 3.8) is 0 Å². The Labute approximate surface area is 218 Å². The molecule has 2 aliphatic heterocycles. The average molecular weight is 527 g/mol. The molecule has 0 aliphatic carbocycles. The Morgan fingerprint density at radius 3 is 2.63 bits per heavy atom. The number of nitrogens with zero attached hydrogens (tertiary/aromatic N) is 3. The maximum absolute atomic E-state index is 12.7. The van der Waals surface area contributed by atoms with Crippen LogP contribution in [0.25, 0.3) is 6.08 Å². The highest BCUT2D eigenvalue weighted by atomic mass is 35.5. The van der Waals surface area contributed by atoms with Gasteiger partial charge < -0.3 is 24.2 Å². The zero-order valence-electron chi connectivity index (χ0n) is 20.8. The van der Waals surface area contributed by atoms with E-state index in [9.17, 15) is 9.59 Å². The maximum Gasteiger partial charge on any atom is 0.246 e. The summed E-state index contributed by atoms with van der Waals surface area (Å²) in [7, 11) is 3.52. The Bertz CT molecular complexity index is 882. The van der Waals surface area contributed by atoms with Gasteiger partial charge in [0, 0.05) is 65.4 Å². The number of piperidine rings is 1. The fourth-order valence-corrected chi connectivity index (χ4v) is 5.06. The molecule has 0 spiro atoms. The van der Waals surface area contributed by atoms with Crippen LogP contribution < -0.4 is 0 Å². The van der Waals surface area contributed by atoms with Gasteiger partial charge in [0.25, 0.3) is 0 Å². The molecule has 2 heterocycles. The quantitative estimate of drug-likeness (QED) is 0.343. The van der Waals surface area contributed by atoms with E-state index in [2.05, 4.69) is 4.90 Å². The Balaban J connectivity index is 1.40. The summed E-state index contributed by atoms with van der Waals surface area (Å²) in [6, 6.07) is 5.23. The van der Waals surface area contributed by atoms with Crippen molar-refractivity contribution in [2.75, 3.05) is 66.6 Å². The van der Waals surface area contributed by atoms with Gasteiger partial charge >= 0.3 is 0 Å². The first-order valence-corrected chi connectivity index (χ1v) is 13.1. The van der Waals surface area contributed by atoms with E-state index in [1.807, 2.05) is 11.0 Å². The number of hydrogen-bond acceptors (Lipinski definition) is 5. The van der Waals surface area contributed by atoms with Gasteiger partial charge in [0.1, 0.15) is 0 Å². The molecule has 2 aliphatic rings. The molecule has 0 unspecified atom stereocenters. The van der Waals surface area contributed by atoms with Gasteiger partial charge in [0.15, 0.2) is 0 Å². The lowest BCUT2D eigenvalue weighted by molar-refractivity contribution is -0.130. The van der Waals surface area contributed by atoms with Crippen molar-refractivity contribution in [2.45, 2.75) is 31.8 Å². The summed E-state index contributed by atoms with van der Waals surface area (Å²) >= 11 is 12.0. The smallest absolute Gasteiger partial charge is 0.246 e. The molecule has 2 saturated heterocycles. The second-order valence-corrected chi connectivity index (χ2v) is 10.1. The zero-order chi connectivity index (χ0) is 25.2. The van der Waals surface area contributed by atoms with Crippen LogP contribution in [0.15, 0.2) is 24.3 Å². The Morgan fingerprint density at radius 2 is 1.89 bits per heavy atom. The number of carbonyl (C=O) groups excluding carboxylic acids is 2. The number of halogens is 2. The van der Waals surface area contributed by atoms with Gasteiger partial charge in [-0.2, -0.15) is 0 Å². The summed E-state index contributed by atoms with van der Waals surface area (Å²) in [4.78, 5) is 31.4. The minimum atomic E-state index is -0.102. The van der Waals surface area contributed by atoms with E-state index in [0.717, 1.165) is 57.6 Å². The van der Waals surface area contributed by atoms with Crippen molar-refractivity contribution in [3.8, 4) is 0 Å². The van der Waals surface area contributed by atoms with Gasteiger partial charge in [0.2, 0.25) is 11.8 Å². The number of benzene rings is 1. The molecule has 2 fully saturated rings. The number of carbonyl (C=O) groups is 2. The van der Waals surface area contributed by atoms with Crippen LogP contribution in [0.3, 0.4) is 0 Å². The lowest BCUT2D eigenvalue weighted by Crippen LogP contribution is -2.46. The lowest BCUT2D eigenvalue weighted by Gasteiger charge is -2.37. The topological polar surface area (TPSA) is 62.3 Å². The van der Waals surface area contributed by atoms with Gasteiger partial charge in [-0.15, -0.1) is 0 Å². The molecule has 2 atom stereocenters. The molecule has 194 valence electrons. The summed E-state index contributed by atoms with van der Waals surface area (Å²) in [5.41, 5.74) is 0.806. The summed E-state index contributed by atoms with van der Waals surface area (Å²) in [5.74, 6) is 0.476. The molecule has 0 radical (unpaired) electrons. The van der Waals surface area contributed by atoms with Crippen molar-refractivity contribution < 1.29 is 19.1 Å². The highest BCUT2D eigenvalue weighted by molar-refractivity contribution is 6.42. The van der Waals surface area contributed by atoms with Gasteiger partial charge in [-0.3, -0.25) is 9.59 Å². The van der Waals surface area contributed by atoms with Crippen molar-refractivity contribution in [1.82, 2.24) is 14.7 Å². The predicted molar refractivity (Wildman–Crippen MR) is 140 cm³/mol. The summed E-state index contributed by atoms with van der Waals surface area (Å²) in [6.07, 6.45) is 6.89. The molecule has 0 bridgehead atoms. The monoisotopic (exact) mass is 525 g/mol. The van der Waals surface area contributed by atoms with E-state index in [1.165, 1.54) is 6.08 Å². The van der Waals surface area contributed by atoms with Gasteiger partial charge in [0.05, 0.1) is 22.8 Å². The largest absolute Gasteiger partial charge is 0.384 e. The molecule has 2 amide bonds. The maximum atomic E-state index is 12.7. The zero-order valence-corrected chi connectivity index (χ0v) is 22.3. The van der Waals surface area contributed by atoms with Crippen LogP contribution in [0, 0.1) is 5.92 Å². The normalized spacial score (nSPS) is 22.1. The number of likely N-dealkylation sites (tertiary alicyclic amines) is 1. The standard InChI is InChI=1S/C26H37Cl2N3O4/c1-34-19-21-9-13-29(18-24(21)35-2)11-3-4-12-30-15-16-31(14-10-26(30)33)25(32)8-6-20-5-7-22(27)23(28)17-20/h5-8,17,21,24H,3-4,9-16,18-19H2,1-2H3/b8-6+/t21-,24-/m0/s1. The summed E-state index contributed by atoms with van der Waals surface area (Å²) in [6.45, 7) is 6.02. The molecular formula is C26H37Cl2N3O4. The summed E-state index contributed by atoms with van der Waals surface area (Å²) < 4.78 is 11.0. The first-order chi connectivity index (χ1) is 16.9. The predicted octanol–water partition coefficient (Wildman–Crippen LogP) is 3.83. The number of hydrogen-bond donors (Lipinski definition) is 0.